The van der Waals surface area contributed by atoms with Crippen LogP contribution in [0.25, 0.3) is 11.0 Å². The van der Waals surface area contributed by atoms with Crippen LogP contribution in [-0.2, 0) is 6.61 Å². The van der Waals surface area contributed by atoms with Crippen LogP contribution in [0.3, 0.4) is 0 Å². The van der Waals surface area contributed by atoms with E-state index in [1.165, 1.54) is 12.3 Å². The number of primary amides is 1. The average molecular weight is 233 g/mol. The van der Waals surface area contributed by atoms with E-state index < -0.39 is 5.91 Å². The predicted molar refractivity (Wildman–Crippen MR) is 59.0 cm³/mol. The summed E-state index contributed by atoms with van der Waals surface area (Å²) in [6.45, 7) is 1.49. The maximum atomic E-state index is 11.1. The fraction of sp³-hybridized carbons (Fsp3) is 0.182. The number of nitrogens with zero attached hydrogens (tertiary/aromatic N) is 1. The number of carbonyl (C=O) groups is 1. The van der Waals surface area contributed by atoms with Gasteiger partial charge in [0.25, 0.3) is 5.91 Å². The summed E-state index contributed by atoms with van der Waals surface area (Å²) < 4.78 is 5.22. The third kappa shape index (κ3) is 1.78. The summed E-state index contributed by atoms with van der Waals surface area (Å²) in [6, 6.07) is 1.45. The van der Waals surface area contributed by atoms with E-state index in [0.717, 1.165) is 0 Å². The number of amides is 1. The minimum absolute atomic E-state index is 0.0159. The number of aromatic nitrogens is 1. The molecule has 2 aromatic heterocycles. The molecule has 0 aliphatic carbocycles. The van der Waals surface area contributed by atoms with Crippen molar-refractivity contribution in [3.8, 4) is 0 Å². The van der Waals surface area contributed by atoms with Gasteiger partial charge in [-0.1, -0.05) is 0 Å². The van der Waals surface area contributed by atoms with Gasteiger partial charge >= 0.3 is 0 Å². The van der Waals surface area contributed by atoms with Crippen molar-refractivity contribution < 1.29 is 14.3 Å². The Hall–Kier alpha value is -2.21. The lowest BCUT2D eigenvalue weighted by Gasteiger charge is -2.06. The standard InChI is InChI=1S/C11H11N3O3/c1-5-9-7(6(4-15)3-14-5)2-8(10(12)16)11(13)17-9/h2-3,13,15H,4H2,1H3,(H2,12,16). The Morgan fingerprint density at radius 2 is 2.35 bits per heavy atom. The van der Waals surface area contributed by atoms with Crippen LogP contribution in [0, 0.1) is 12.3 Å². The van der Waals surface area contributed by atoms with Crippen LogP contribution in [0.4, 0.5) is 0 Å². The highest BCUT2D eigenvalue weighted by Gasteiger charge is 2.12. The highest BCUT2D eigenvalue weighted by Crippen LogP contribution is 2.20. The van der Waals surface area contributed by atoms with Crippen molar-refractivity contribution in [2.24, 2.45) is 5.73 Å². The van der Waals surface area contributed by atoms with E-state index in [0.29, 0.717) is 22.2 Å². The molecule has 17 heavy (non-hydrogen) atoms. The van der Waals surface area contributed by atoms with Crippen LogP contribution in [-0.4, -0.2) is 16.0 Å². The highest BCUT2D eigenvalue weighted by molar-refractivity contribution is 5.96. The van der Waals surface area contributed by atoms with Gasteiger partial charge in [0.2, 0.25) is 5.55 Å². The van der Waals surface area contributed by atoms with Crippen LogP contribution in [0.1, 0.15) is 21.6 Å². The van der Waals surface area contributed by atoms with Gasteiger partial charge in [0.15, 0.2) is 5.58 Å². The first-order chi connectivity index (χ1) is 8.04. The second-order valence-electron chi connectivity index (χ2n) is 3.62. The lowest BCUT2D eigenvalue weighted by Crippen LogP contribution is -2.21. The van der Waals surface area contributed by atoms with Crippen molar-refractivity contribution in [1.82, 2.24) is 4.98 Å². The van der Waals surface area contributed by atoms with Crippen molar-refractivity contribution in [2.75, 3.05) is 0 Å². The second kappa shape index (κ2) is 3.99. The number of hydrogen-bond donors (Lipinski definition) is 3. The summed E-state index contributed by atoms with van der Waals surface area (Å²) in [4.78, 5) is 15.2. The molecule has 1 amide bonds. The van der Waals surface area contributed by atoms with Gasteiger partial charge in [-0.15, -0.1) is 0 Å². The molecule has 0 aliphatic heterocycles. The van der Waals surface area contributed by atoms with E-state index in [1.807, 2.05) is 0 Å². The summed E-state index contributed by atoms with van der Waals surface area (Å²) in [5, 5.41) is 17.3. The molecule has 0 saturated heterocycles. The number of nitrogens with two attached hydrogens (primary N) is 1. The summed E-state index contributed by atoms with van der Waals surface area (Å²) in [7, 11) is 0. The summed E-state index contributed by atoms with van der Waals surface area (Å²) in [6.07, 6.45) is 1.50. The van der Waals surface area contributed by atoms with Crippen LogP contribution < -0.4 is 11.3 Å². The molecule has 0 unspecified atom stereocenters. The molecule has 0 aromatic carbocycles. The quantitative estimate of drug-likeness (QED) is 0.687. The van der Waals surface area contributed by atoms with Gasteiger partial charge in [-0.2, -0.15) is 0 Å². The molecular weight excluding hydrogens is 222 g/mol. The predicted octanol–water partition coefficient (Wildman–Crippen LogP) is 0.207. The van der Waals surface area contributed by atoms with E-state index in [2.05, 4.69) is 4.98 Å². The molecule has 0 atom stereocenters. The first-order valence-electron chi connectivity index (χ1n) is 4.92. The molecule has 0 spiro atoms. The first-order valence-corrected chi connectivity index (χ1v) is 4.92. The van der Waals surface area contributed by atoms with Gasteiger partial charge < -0.3 is 15.3 Å². The molecule has 0 bridgehead atoms. The number of aliphatic hydroxyl groups is 1. The largest absolute Gasteiger partial charge is 0.436 e. The van der Waals surface area contributed by atoms with Crippen LogP contribution >= 0.6 is 0 Å². The topological polar surface area (TPSA) is 113 Å². The highest BCUT2D eigenvalue weighted by atomic mass is 16.3. The maximum absolute atomic E-state index is 11.1. The molecule has 0 fully saturated rings. The molecule has 2 aromatic rings. The molecule has 6 heteroatoms. The van der Waals surface area contributed by atoms with Gasteiger partial charge in [0.05, 0.1) is 12.3 Å². The minimum atomic E-state index is -0.737. The summed E-state index contributed by atoms with van der Waals surface area (Å²) in [5.41, 5.74) is 6.31. The molecule has 0 radical (unpaired) electrons. The second-order valence-corrected chi connectivity index (χ2v) is 3.62. The monoisotopic (exact) mass is 233 g/mol. The molecule has 0 saturated carbocycles. The number of carbonyl (C=O) groups excluding carboxylic acids is 1. The molecule has 88 valence electrons. The SMILES string of the molecule is Cc1ncc(CO)c2cc(C(N)=O)c(=N)oc12. The number of hydrogen-bond acceptors (Lipinski definition) is 5. The Morgan fingerprint density at radius 1 is 1.65 bits per heavy atom. The van der Waals surface area contributed by atoms with Gasteiger partial charge in [0.1, 0.15) is 5.56 Å². The van der Waals surface area contributed by atoms with E-state index in [1.54, 1.807) is 6.92 Å². The molecule has 2 rings (SSSR count). The minimum Gasteiger partial charge on any atom is -0.436 e. The van der Waals surface area contributed by atoms with Crippen molar-refractivity contribution in [3.63, 3.8) is 0 Å². The lowest BCUT2D eigenvalue weighted by atomic mass is 10.1. The summed E-state index contributed by atoms with van der Waals surface area (Å²) in [5.74, 6) is -0.737. The van der Waals surface area contributed by atoms with E-state index in [9.17, 15) is 9.90 Å². The Kier molecular flexibility index (Phi) is 2.64. The zero-order valence-electron chi connectivity index (χ0n) is 9.15. The third-order valence-corrected chi connectivity index (χ3v) is 2.51. The van der Waals surface area contributed by atoms with E-state index in [4.69, 9.17) is 15.6 Å². The van der Waals surface area contributed by atoms with Crippen molar-refractivity contribution in [2.45, 2.75) is 13.5 Å². The average Bonchev–Trinajstić information content (AvgIpc) is 2.29. The summed E-state index contributed by atoms with van der Waals surface area (Å²) >= 11 is 0. The molecular formula is C11H11N3O3. The van der Waals surface area contributed by atoms with E-state index in [-0.39, 0.29) is 17.7 Å². The fourth-order valence-electron chi connectivity index (χ4n) is 1.61. The third-order valence-electron chi connectivity index (χ3n) is 2.51. The number of pyridine rings is 1. The Morgan fingerprint density at radius 3 is 2.94 bits per heavy atom. The smallest absolute Gasteiger partial charge is 0.254 e. The van der Waals surface area contributed by atoms with Crippen LogP contribution in [0.2, 0.25) is 0 Å². The maximum Gasteiger partial charge on any atom is 0.254 e. The van der Waals surface area contributed by atoms with Crippen molar-refractivity contribution in [1.29, 1.82) is 5.41 Å². The number of rotatable bonds is 2. The Labute approximate surface area is 96.2 Å². The van der Waals surface area contributed by atoms with E-state index >= 15 is 0 Å². The number of nitrogens with one attached hydrogen (secondary N) is 1. The molecule has 4 N–H and O–H groups in total. The number of aryl methyl sites for hydroxylation is 1. The Balaban J connectivity index is 2.92. The first kappa shape index (κ1) is 11.3. The fourth-order valence-corrected chi connectivity index (χ4v) is 1.61. The normalized spacial score (nSPS) is 10.7. The van der Waals surface area contributed by atoms with Crippen LogP contribution in [0.5, 0.6) is 0 Å². The number of fused-ring (bicyclic) bond motifs is 1. The number of aliphatic hydroxyl groups excluding tert-OH is 1. The Bertz CT molecular complexity index is 661. The van der Waals surface area contributed by atoms with Crippen molar-refractivity contribution in [3.05, 3.63) is 34.6 Å². The lowest BCUT2D eigenvalue weighted by molar-refractivity contribution is 0.0996. The van der Waals surface area contributed by atoms with Crippen LogP contribution in [0.15, 0.2) is 16.7 Å². The van der Waals surface area contributed by atoms with Gasteiger partial charge in [-0.3, -0.25) is 15.2 Å². The molecule has 6 nitrogen and oxygen atoms in total. The zero-order valence-corrected chi connectivity index (χ0v) is 9.15. The van der Waals surface area contributed by atoms with Gasteiger partial charge in [-0.25, -0.2) is 0 Å². The molecule has 2 heterocycles. The molecule has 0 aliphatic rings. The van der Waals surface area contributed by atoms with Gasteiger partial charge in [0, 0.05) is 17.1 Å². The van der Waals surface area contributed by atoms with Crippen molar-refractivity contribution >= 4 is 16.9 Å². The zero-order chi connectivity index (χ0) is 12.6. The van der Waals surface area contributed by atoms with Gasteiger partial charge in [-0.05, 0) is 13.0 Å².